The van der Waals surface area contributed by atoms with E-state index in [-0.39, 0.29) is 0 Å². The van der Waals surface area contributed by atoms with Crippen molar-refractivity contribution in [2.75, 3.05) is 20.0 Å². The highest BCUT2D eigenvalue weighted by Gasteiger charge is 2.11. The number of aromatic nitrogens is 1. The van der Waals surface area contributed by atoms with E-state index in [0.717, 1.165) is 4.47 Å². The Labute approximate surface area is 148 Å². The molecule has 3 aromatic rings. The monoisotopic (exact) mass is 385 g/mol. The Morgan fingerprint density at radius 1 is 1.08 bits per heavy atom. The molecule has 0 aliphatic heterocycles. The summed E-state index contributed by atoms with van der Waals surface area (Å²) in [6.45, 7) is 0. The van der Waals surface area contributed by atoms with E-state index >= 15 is 0 Å². The smallest absolute Gasteiger partial charge is 0.162 e. The minimum Gasteiger partial charge on any atom is -0.493 e. The summed E-state index contributed by atoms with van der Waals surface area (Å²) in [6.07, 6.45) is 1.45. The summed E-state index contributed by atoms with van der Waals surface area (Å²) in [5, 5.41) is 9.56. The van der Waals surface area contributed by atoms with Crippen molar-refractivity contribution < 1.29 is 9.47 Å². The molecule has 0 radical (unpaired) electrons. The maximum Gasteiger partial charge on any atom is 0.162 e. The van der Waals surface area contributed by atoms with E-state index in [1.165, 1.54) is 6.20 Å². The number of fused-ring (bicyclic) bond motifs is 1. The van der Waals surface area contributed by atoms with E-state index in [1.807, 2.05) is 36.4 Å². The van der Waals surface area contributed by atoms with Gasteiger partial charge in [-0.2, -0.15) is 5.26 Å². The van der Waals surface area contributed by atoms with Crippen LogP contribution in [0.25, 0.3) is 10.9 Å². The van der Waals surface area contributed by atoms with E-state index in [0.29, 0.717) is 33.7 Å². The van der Waals surface area contributed by atoms with Crippen molar-refractivity contribution in [3.63, 3.8) is 0 Å². The van der Waals surface area contributed by atoms with E-state index in [4.69, 9.17) is 20.5 Å². The van der Waals surface area contributed by atoms with Gasteiger partial charge in [0, 0.05) is 22.1 Å². The van der Waals surface area contributed by atoms with E-state index in [9.17, 15) is 0 Å². The molecule has 0 saturated carbocycles. The van der Waals surface area contributed by atoms with Gasteiger partial charge < -0.3 is 15.2 Å². The average Bonchev–Trinajstić information content (AvgIpc) is 2.62. The zero-order chi connectivity index (χ0) is 17.5. The SMILES string of the molecule is Brc1ccccc1.COc1cc2ncc(C#N)c(N)c2cc1OC. The van der Waals surface area contributed by atoms with E-state index in [1.54, 1.807) is 26.4 Å². The van der Waals surface area contributed by atoms with Gasteiger partial charge in [-0.15, -0.1) is 0 Å². The van der Waals surface area contributed by atoms with Gasteiger partial charge in [-0.3, -0.25) is 4.98 Å². The molecule has 0 atom stereocenters. The fourth-order valence-corrected chi connectivity index (χ4v) is 2.35. The standard InChI is InChI=1S/C12H11N3O2.C6H5Br/c1-16-10-3-8-9(4-11(10)17-2)15-6-7(5-13)12(8)14;7-6-4-2-1-3-5-6/h3-4,6H,1-2H3,(H2,14,15);1-5H. The molecule has 0 unspecified atom stereocenters. The number of nitriles is 1. The number of anilines is 1. The Morgan fingerprint density at radius 3 is 2.21 bits per heavy atom. The minimum absolute atomic E-state index is 0.352. The van der Waals surface area contributed by atoms with Crippen LogP contribution in [0, 0.1) is 11.3 Å². The number of halogens is 1. The number of nitrogen functional groups attached to an aromatic ring is 1. The van der Waals surface area contributed by atoms with Crippen molar-refractivity contribution in [3.05, 3.63) is 58.7 Å². The number of benzene rings is 2. The van der Waals surface area contributed by atoms with Crippen LogP contribution in [-0.2, 0) is 0 Å². The van der Waals surface area contributed by atoms with Gasteiger partial charge in [0.15, 0.2) is 11.5 Å². The Bertz CT molecular complexity index is 877. The first-order chi connectivity index (χ1) is 11.6. The fourth-order valence-electron chi connectivity index (χ4n) is 2.04. The van der Waals surface area contributed by atoms with Crippen LogP contribution in [0.2, 0.25) is 0 Å². The lowest BCUT2D eigenvalue weighted by Crippen LogP contribution is -1.96. The molecule has 2 aromatic carbocycles. The van der Waals surface area contributed by atoms with Crippen LogP contribution in [0.4, 0.5) is 5.69 Å². The number of ether oxygens (including phenoxy) is 2. The van der Waals surface area contributed by atoms with Crippen molar-refractivity contribution in [1.82, 2.24) is 4.98 Å². The summed E-state index contributed by atoms with van der Waals surface area (Å²) in [7, 11) is 3.10. The summed E-state index contributed by atoms with van der Waals surface area (Å²) >= 11 is 3.31. The first kappa shape index (κ1) is 17.6. The van der Waals surface area contributed by atoms with Crippen molar-refractivity contribution in [2.24, 2.45) is 0 Å². The summed E-state index contributed by atoms with van der Waals surface area (Å²) in [5.41, 5.74) is 7.30. The highest BCUT2D eigenvalue weighted by molar-refractivity contribution is 9.10. The Balaban J connectivity index is 0.000000249. The molecule has 1 aromatic heterocycles. The van der Waals surface area contributed by atoms with Crippen LogP contribution in [0.5, 0.6) is 11.5 Å². The predicted octanol–water partition coefficient (Wildman–Crippen LogP) is 4.15. The van der Waals surface area contributed by atoms with E-state index < -0.39 is 0 Å². The van der Waals surface area contributed by atoms with Crippen LogP contribution in [-0.4, -0.2) is 19.2 Å². The van der Waals surface area contributed by atoms with Gasteiger partial charge in [0.05, 0.1) is 31.0 Å². The molecule has 0 amide bonds. The fraction of sp³-hybridized carbons (Fsp3) is 0.111. The lowest BCUT2D eigenvalue weighted by Gasteiger charge is -2.10. The zero-order valence-corrected chi connectivity index (χ0v) is 14.9. The molecule has 6 heteroatoms. The van der Waals surface area contributed by atoms with Gasteiger partial charge in [0.25, 0.3) is 0 Å². The zero-order valence-electron chi connectivity index (χ0n) is 13.3. The maximum absolute atomic E-state index is 8.88. The minimum atomic E-state index is 0.352. The van der Waals surface area contributed by atoms with Gasteiger partial charge in [-0.25, -0.2) is 0 Å². The number of pyridine rings is 1. The number of nitrogens with two attached hydrogens (primary N) is 1. The number of hydrogen-bond acceptors (Lipinski definition) is 5. The molecule has 0 saturated heterocycles. The van der Waals surface area contributed by atoms with Crippen molar-refractivity contribution in [2.45, 2.75) is 0 Å². The third-order valence-corrected chi connectivity index (χ3v) is 3.80. The van der Waals surface area contributed by atoms with Crippen LogP contribution in [0.1, 0.15) is 5.56 Å². The molecule has 2 N–H and O–H groups in total. The molecule has 3 rings (SSSR count). The van der Waals surface area contributed by atoms with Gasteiger partial charge in [0.1, 0.15) is 6.07 Å². The molecular formula is C18H16BrN3O2. The summed E-state index contributed by atoms with van der Waals surface area (Å²) in [6, 6.07) is 15.4. The van der Waals surface area contributed by atoms with Crippen LogP contribution in [0.3, 0.4) is 0 Å². The topological polar surface area (TPSA) is 81.2 Å². The number of methoxy groups -OCH3 is 2. The third kappa shape index (κ3) is 3.94. The Kier molecular flexibility index (Phi) is 5.99. The first-order valence-corrected chi connectivity index (χ1v) is 7.80. The van der Waals surface area contributed by atoms with Gasteiger partial charge in [-0.05, 0) is 18.2 Å². The molecule has 0 bridgehead atoms. The first-order valence-electron chi connectivity index (χ1n) is 7.01. The normalized spacial score (nSPS) is 9.58. The molecule has 1 heterocycles. The summed E-state index contributed by atoms with van der Waals surface area (Å²) < 4.78 is 11.5. The predicted molar refractivity (Wildman–Crippen MR) is 98.1 cm³/mol. The lowest BCUT2D eigenvalue weighted by molar-refractivity contribution is 0.356. The molecular weight excluding hydrogens is 370 g/mol. The molecule has 0 spiro atoms. The van der Waals surface area contributed by atoms with Gasteiger partial charge in [0.2, 0.25) is 0 Å². The average molecular weight is 386 g/mol. The second-order valence-electron chi connectivity index (χ2n) is 4.72. The molecule has 0 fully saturated rings. The third-order valence-electron chi connectivity index (χ3n) is 3.27. The van der Waals surface area contributed by atoms with Crippen LogP contribution < -0.4 is 15.2 Å². The quantitative estimate of drug-likeness (QED) is 0.716. The van der Waals surface area contributed by atoms with Crippen molar-refractivity contribution in [3.8, 4) is 17.6 Å². The second-order valence-corrected chi connectivity index (χ2v) is 5.63. The van der Waals surface area contributed by atoms with Gasteiger partial charge in [-0.1, -0.05) is 34.1 Å². The Hall–Kier alpha value is -2.78. The summed E-state index contributed by atoms with van der Waals surface area (Å²) in [4.78, 5) is 4.16. The molecule has 0 aliphatic carbocycles. The number of rotatable bonds is 2. The second kappa shape index (κ2) is 8.18. The highest BCUT2D eigenvalue weighted by Crippen LogP contribution is 2.34. The van der Waals surface area contributed by atoms with Crippen molar-refractivity contribution >= 4 is 32.5 Å². The largest absolute Gasteiger partial charge is 0.493 e. The number of nitrogens with zero attached hydrogens (tertiary/aromatic N) is 2. The molecule has 5 nitrogen and oxygen atoms in total. The molecule has 0 aliphatic rings. The molecule has 24 heavy (non-hydrogen) atoms. The summed E-state index contributed by atoms with van der Waals surface area (Å²) in [5.74, 6) is 1.14. The Morgan fingerprint density at radius 2 is 1.71 bits per heavy atom. The van der Waals surface area contributed by atoms with Crippen molar-refractivity contribution in [1.29, 1.82) is 5.26 Å². The van der Waals surface area contributed by atoms with Crippen LogP contribution >= 0.6 is 15.9 Å². The number of hydrogen-bond donors (Lipinski definition) is 1. The lowest BCUT2D eigenvalue weighted by atomic mass is 10.1. The maximum atomic E-state index is 8.88. The highest BCUT2D eigenvalue weighted by atomic mass is 79.9. The van der Waals surface area contributed by atoms with Crippen LogP contribution in [0.15, 0.2) is 53.1 Å². The molecule has 122 valence electrons. The van der Waals surface area contributed by atoms with E-state index in [2.05, 4.69) is 20.9 Å². The van der Waals surface area contributed by atoms with Gasteiger partial charge >= 0.3 is 0 Å².